The molecule has 0 saturated heterocycles. The van der Waals surface area contributed by atoms with Gasteiger partial charge in [-0.2, -0.15) is 0 Å². The molecule has 0 radical (unpaired) electrons. The van der Waals surface area contributed by atoms with Crippen LogP contribution in [0.15, 0.2) is 65.3 Å². The van der Waals surface area contributed by atoms with Crippen molar-refractivity contribution in [2.24, 2.45) is 10.9 Å². The lowest BCUT2D eigenvalue weighted by molar-refractivity contribution is -0.113. The number of carbonyl (C=O) groups excluding carboxylic acids is 1. The number of carbonyl (C=O) groups is 1. The molecule has 1 atom stereocenters. The quantitative estimate of drug-likeness (QED) is 0.483. The molecule has 2 aromatic carbocycles. The number of rotatable bonds is 4. The van der Waals surface area contributed by atoms with E-state index in [9.17, 15) is 9.18 Å². The Balaban J connectivity index is 1.63. The van der Waals surface area contributed by atoms with Crippen molar-refractivity contribution in [3.8, 4) is 0 Å². The van der Waals surface area contributed by atoms with Gasteiger partial charge in [0.25, 0.3) is 5.91 Å². The first-order chi connectivity index (χ1) is 12.9. The number of hydrogen-bond donors (Lipinski definition) is 0. The van der Waals surface area contributed by atoms with Crippen LogP contribution < -0.4 is 4.90 Å². The maximum absolute atomic E-state index is 13.3. The Hall–Kier alpha value is -1.82. The highest BCUT2D eigenvalue weighted by atomic mass is 35.5. The van der Waals surface area contributed by atoms with E-state index in [1.165, 1.54) is 28.8 Å². The number of alkyl halides is 2. The third-order valence-electron chi connectivity index (χ3n) is 4.39. The van der Waals surface area contributed by atoms with Crippen molar-refractivity contribution in [3.63, 3.8) is 0 Å². The monoisotopic (exact) mass is 420 g/mol. The fraction of sp³-hybridized carbons (Fsp3) is 0.200. The lowest BCUT2D eigenvalue weighted by atomic mass is 10.2. The molecule has 0 N–H and O–H groups in total. The molecule has 2 aliphatic rings. The van der Waals surface area contributed by atoms with E-state index in [4.69, 9.17) is 23.2 Å². The normalized spacial score (nSPS) is 22.3. The topological polar surface area (TPSA) is 32.7 Å². The zero-order chi connectivity index (χ0) is 19.0. The molecule has 2 aromatic rings. The number of benzene rings is 2. The molecule has 7 heteroatoms. The molecule has 4 rings (SSSR count). The van der Waals surface area contributed by atoms with Gasteiger partial charge in [-0.3, -0.25) is 9.69 Å². The van der Waals surface area contributed by atoms with Crippen molar-refractivity contribution < 1.29 is 9.18 Å². The Morgan fingerprint density at radius 1 is 1.19 bits per heavy atom. The van der Waals surface area contributed by atoms with Crippen molar-refractivity contribution in [3.05, 3.63) is 71.7 Å². The van der Waals surface area contributed by atoms with Crippen molar-refractivity contribution in [1.29, 1.82) is 0 Å². The molecule has 1 amide bonds. The van der Waals surface area contributed by atoms with Gasteiger partial charge in [-0.1, -0.05) is 42.1 Å². The second kappa shape index (κ2) is 7.30. The van der Waals surface area contributed by atoms with Crippen LogP contribution in [0, 0.1) is 11.7 Å². The van der Waals surface area contributed by atoms with Gasteiger partial charge in [0, 0.05) is 11.7 Å². The number of aliphatic imine (C=N–C) groups is 1. The molecule has 1 fully saturated rings. The van der Waals surface area contributed by atoms with Crippen LogP contribution >= 0.6 is 35.0 Å². The second-order valence-corrected chi connectivity index (χ2v) is 8.95. The summed E-state index contributed by atoms with van der Waals surface area (Å²) < 4.78 is 12.6. The van der Waals surface area contributed by atoms with Crippen LogP contribution in [-0.2, 0) is 4.79 Å². The van der Waals surface area contributed by atoms with Crippen LogP contribution in [0.25, 0.3) is 6.08 Å². The lowest BCUT2D eigenvalue weighted by Gasteiger charge is -2.17. The van der Waals surface area contributed by atoms with Crippen LogP contribution in [0.4, 0.5) is 10.1 Å². The zero-order valence-electron chi connectivity index (χ0n) is 14.1. The van der Waals surface area contributed by atoms with Gasteiger partial charge in [0.1, 0.15) is 15.8 Å². The highest BCUT2D eigenvalue weighted by Gasteiger charge is 2.51. The number of halogens is 3. The van der Waals surface area contributed by atoms with Gasteiger partial charge in [0.15, 0.2) is 5.17 Å². The predicted octanol–water partition coefficient (Wildman–Crippen LogP) is 5.50. The first-order valence-electron chi connectivity index (χ1n) is 8.40. The van der Waals surface area contributed by atoms with Crippen LogP contribution in [0.3, 0.4) is 0 Å². The van der Waals surface area contributed by atoms with Gasteiger partial charge in [0.2, 0.25) is 0 Å². The van der Waals surface area contributed by atoms with Crippen molar-refractivity contribution in [1.82, 2.24) is 0 Å². The van der Waals surface area contributed by atoms with E-state index in [0.717, 1.165) is 12.0 Å². The van der Waals surface area contributed by atoms with Crippen LogP contribution in [-0.4, -0.2) is 21.2 Å². The maximum Gasteiger partial charge on any atom is 0.283 e. The molecule has 1 aliphatic heterocycles. The highest BCUT2D eigenvalue weighted by molar-refractivity contribution is 8.14. The Morgan fingerprint density at radius 2 is 1.85 bits per heavy atom. The number of thioether (sulfide) groups is 1. The summed E-state index contributed by atoms with van der Waals surface area (Å²) in [4.78, 5) is 19.0. The Kier molecular flexibility index (Phi) is 5.01. The average molecular weight is 421 g/mol. The molecule has 27 heavy (non-hydrogen) atoms. The van der Waals surface area contributed by atoms with E-state index in [1.807, 2.05) is 30.3 Å². The molecule has 1 saturated carbocycles. The van der Waals surface area contributed by atoms with Crippen LogP contribution in [0.1, 0.15) is 12.0 Å². The second-order valence-electron chi connectivity index (χ2n) is 6.42. The first kappa shape index (κ1) is 18.5. The molecule has 1 aliphatic carbocycles. The number of anilines is 1. The number of amides is 1. The fourth-order valence-corrected chi connectivity index (χ4v) is 4.69. The summed E-state index contributed by atoms with van der Waals surface area (Å²) in [5.74, 6) is 0.228. The number of amidine groups is 1. The minimum absolute atomic E-state index is 0.167. The molecule has 0 aromatic heterocycles. The fourth-order valence-electron chi connectivity index (χ4n) is 2.74. The van der Waals surface area contributed by atoms with Gasteiger partial charge in [0.05, 0.1) is 5.69 Å². The lowest BCUT2D eigenvalue weighted by Crippen LogP contribution is -2.30. The first-order valence-corrected chi connectivity index (χ1v) is 10.1. The van der Waals surface area contributed by atoms with E-state index in [2.05, 4.69) is 4.99 Å². The van der Waals surface area contributed by atoms with Crippen molar-refractivity contribution in [2.75, 3.05) is 10.7 Å². The van der Waals surface area contributed by atoms with E-state index in [-0.39, 0.29) is 17.6 Å². The van der Waals surface area contributed by atoms with Gasteiger partial charge in [-0.15, -0.1) is 23.2 Å². The molecule has 1 heterocycles. The largest absolute Gasteiger partial charge is 0.283 e. The molecular formula is C20H15Cl2FN2OS. The summed E-state index contributed by atoms with van der Waals surface area (Å²) in [6, 6.07) is 15.3. The average Bonchev–Trinajstić information content (AvgIpc) is 3.15. The summed E-state index contributed by atoms with van der Waals surface area (Å²) in [6.07, 6.45) is 2.48. The van der Waals surface area contributed by atoms with Gasteiger partial charge in [-0.25, -0.2) is 9.38 Å². The standard InChI is InChI=1S/C20H15Cl2FN2OS/c21-20(22)11-14(20)12-27-19-24-17(10-13-4-2-1-3-5-13)18(26)25(19)16-8-6-15(23)7-9-16/h1-10,14H,11-12H2/b17-10+. The molecule has 138 valence electrons. The van der Waals surface area contributed by atoms with Crippen molar-refractivity contribution in [2.45, 2.75) is 10.8 Å². The van der Waals surface area contributed by atoms with Crippen molar-refractivity contribution >= 4 is 57.8 Å². The maximum atomic E-state index is 13.3. The van der Waals surface area contributed by atoms with E-state index >= 15 is 0 Å². The SMILES string of the molecule is O=C1/C(=C\c2ccccc2)N=C(SCC2CC2(Cl)Cl)N1c1ccc(F)cc1. The Labute approximate surface area is 170 Å². The highest BCUT2D eigenvalue weighted by Crippen LogP contribution is 2.54. The number of nitrogens with zero attached hydrogens (tertiary/aromatic N) is 2. The molecule has 3 nitrogen and oxygen atoms in total. The minimum Gasteiger partial charge on any atom is -0.266 e. The van der Waals surface area contributed by atoms with E-state index < -0.39 is 4.33 Å². The summed E-state index contributed by atoms with van der Waals surface area (Å²) in [5, 5.41) is 0.546. The van der Waals surface area contributed by atoms with E-state index in [1.54, 1.807) is 18.2 Å². The van der Waals surface area contributed by atoms with Gasteiger partial charge in [-0.05, 0) is 42.3 Å². The zero-order valence-corrected chi connectivity index (χ0v) is 16.4. The summed E-state index contributed by atoms with van der Waals surface area (Å²) >= 11 is 13.6. The third-order valence-corrected chi connectivity index (χ3v) is 6.41. The smallest absolute Gasteiger partial charge is 0.266 e. The summed E-state index contributed by atoms with van der Waals surface area (Å²) in [6.45, 7) is 0. The van der Waals surface area contributed by atoms with E-state index in [0.29, 0.717) is 22.3 Å². The summed E-state index contributed by atoms with van der Waals surface area (Å²) in [5.41, 5.74) is 1.80. The molecule has 0 bridgehead atoms. The molecule has 0 spiro atoms. The van der Waals surface area contributed by atoms with Gasteiger partial charge < -0.3 is 0 Å². The minimum atomic E-state index is -0.681. The van der Waals surface area contributed by atoms with Crippen LogP contribution in [0.5, 0.6) is 0 Å². The molecule has 1 unspecified atom stereocenters. The van der Waals surface area contributed by atoms with Crippen LogP contribution in [0.2, 0.25) is 0 Å². The Morgan fingerprint density at radius 3 is 2.48 bits per heavy atom. The Bertz CT molecular complexity index is 929. The van der Waals surface area contributed by atoms with Gasteiger partial charge >= 0.3 is 0 Å². The third kappa shape index (κ3) is 4.05. The number of hydrogen-bond acceptors (Lipinski definition) is 3. The molecular weight excluding hydrogens is 406 g/mol. The predicted molar refractivity (Wildman–Crippen MR) is 111 cm³/mol. The summed E-state index contributed by atoms with van der Waals surface area (Å²) in [7, 11) is 0.